The molecule has 1 N–H and O–H groups in total. The summed E-state index contributed by atoms with van der Waals surface area (Å²) in [5.74, 6) is 1.05. The van der Waals surface area contributed by atoms with Gasteiger partial charge in [0.1, 0.15) is 5.82 Å². The molecule has 6 heteroatoms. The maximum absolute atomic E-state index is 10.1. The summed E-state index contributed by atoms with van der Waals surface area (Å²) < 4.78 is 2.03. The van der Waals surface area contributed by atoms with E-state index in [2.05, 4.69) is 40.0 Å². The Balaban J connectivity index is 1.35. The number of likely N-dealkylation sites (tertiary alicyclic amines) is 1. The monoisotopic (exact) mass is 383 g/mol. The fourth-order valence-corrected chi connectivity index (χ4v) is 4.70. The average molecular weight is 384 g/mol. The number of pyridine rings is 1. The van der Waals surface area contributed by atoms with E-state index in [9.17, 15) is 5.11 Å². The third-order valence-electron chi connectivity index (χ3n) is 6.49. The largest absolute Gasteiger partial charge is 0.396 e. The second kappa shape index (κ2) is 8.21. The molecule has 2 aromatic heterocycles. The number of nitrogens with zero attached hydrogens (tertiary/aromatic N) is 5. The van der Waals surface area contributed by atoms with Crippen molar-refractivity contribution >= 4 is 5.82 Å². The molecular formula is C22H33N5O. The molecule has 6 nitrogen and oxygen atoms in total. The molecule has 0 aromatic carbocycles. The SMILES string of the molecule is Cc1cc(C)n(Cc2ccc(N3CCC(CO)(CN4CCCC4)CC3)nc2)n1. The molecule has 4 heterocycles. The van der Waals surface area contributed by atoms with Gasteiger partial charge in [-0.15, -0.1) is 0 Å². The standard InChI is InChI=1S/C22H33N5O/c1-18-13-19(2)27(24-18)15-20-5-6-21(23-14-20)26-11-7-22(17-28,8-12-26)16-25-9-3-4-10-25/h5-6,13-14,28H,3-4,7-12,15-17H2,1-2H3. The van der Waals surface area contributed by atoms with Crippen molar-refractivity contribution in [3.8, 4) is 0 Å². The second-order valence-electron chi connectivity index (χ2n) is 8.74. The second-order valence-corrected chi connectivity index (χ2v) is 8.74. The van der Waals surface area contributed by atoms with Crippen LogP contribution in [0.3, 0.4) is 0 Å². The highest BCUT2D eigenvalue weighted by molar-refractivity contribution is 5.40. The molecule has 4 rings (SSSR count). The normalized spacial score (nSPS) is 20.0. The van der Waals surface area contributed by atoms with E-state index in [-0.39, 0.29) is 5.41 Å². The van der Waals surface area contributed by atoms with E-state index >= 15 is 0 Å². The van der Waals surface area contributed by atoms with Gasteiger partial charge in [0.05, 0.1) is 18.8 Å². The molecule has 0 spiro atoms. The number of aliphatic hydroxyl groups excluding tert-OH is 1. The van der Waals surface area contributed by atoms with Crippen molar-refractivity contribution in [2.45, 2.75) is 46.1 Å². The summed E-state index contributed by atoms with van der Waals surface area (Å²) in [7, 11) is 0. The summed E-state index contributed by atoms with van der Waals surface area (Å²) in [4.78, 5) is 9.63. The summed E-state index contributed by atoms with van der Waals surface area (Å²) >= 11 is 0. The number of rotatable bonds is 6. The van der Waals surface area contributed by atoms with Crippen LogP contribution < -0.4 is 4.90 Å². The van der Waals surface area contributed by atoms with Gasteiger partial charge in [-0.2, -0.15) is 5.10 Å². The zero-order valence-corrected chi connectivity index (χ0v) is 17.3. The molecule has 0 unspecified atom stereocenters. The molecule has 0 atom stereocenters. The lowest BCUT2D eigenvalue weighted by molar-refractivity contribution is 0.0594. The van der Waals surface area contributed by atoms with Crippen molar-refractivity contribution in [2.75, 3.05) is 44.2 Å². The summed E-state index contributed by atoms with van der Waals surface area (Å²) in [6, 6.07) is 6.40. The van der Waals surface area contributed by atoms with Gasteiger partial charge >= 0.3 is 0 Å². The third-order valence-corrected chi connectivity index (χ3v) is 6.49. The fourth-order valence-electron chi connectivity index (χ4n) is 4.70. The van der Waals surface area contributed by atoms with Gasteiger partial charge in [0, 0.05) is 36.9 Å². The van der Waals surface area contributed by atoms with Crippen LogP contribution in [0.5, 0.6) is 0 Å². The smallest absolute Gasteiger partial charge is 0.128 e. The molecule has 152 valence electrons. The van der Waals surface area contributed by atoms with Crippen molar-refractivity contribution in [1.29, 1.82) is 0 Å². The highest BCUT2D eigenvalue weighted by atomic mass is 16.3. The minimum atomic E-state index is 0.0657. The van der Waals surface area contributed by atoms with Crippen LogP contribution >= 0.6 is 0 Å². The van der Waals surface area contributed by atoms with Gasteiger partial charge in [0.25, 0.3) is 0 Å². The van der Waals surface area contributed by atoms with E-state index in [0.29, 0.717) is 6.61 Å². The van der Waals surface area contributed by atoms with E-state index in [1.54, 1.807) is 0 Å². The van der Waals surface area contributed by atoms with E-state index in [4.69, 9.17) is 4.98 Å². The lowest BCUT2D eigenvalue weighted by Crippen LogP contribution is -2.48. The van der Waals surface area contributed by atoms with E-state index in [0.717, 1.165) is 50.5 Å². The molecule has 0 bridgehead atoms. The summed E-state index contributed by atoms with van der Waals surface area (Å²) in [5.41, 5.74) is 3.47. The van der Waals surface area contributed by atoms with Gasteiger partial charge in [-0.25, -0.2) is 4.98 Å². The van der Waals surface area contributed by atoms with E-state index < -0.39 is 0 Å². The molecule has 2 aromatic rings. The number of anilines is 1. The first-order valence-corrected chi connectivity index (χ1v) is 10.6. The summed E-state index contributed by atoms with van der Waals surface area (Å²) in [5, 5.41) is 14.6. The Bertz CT molecular complexity index is 771. The predicted octanol–water partition coefficient (Wildman–Crippen LogP) is 2.62. The van der Waals surface area contributed by atoms with Gasteiger partial charge in [-0.05, 0) is 70.3 Å². The van der Waals surface area contributed by atoms with Crippen molar-refractivity contribution in [3.05, 3.63) is 41.3 Å². The van der Waals surface area contributed by atoms with Gasteiger partial charge in [-0.1, -0.05) is 6.07 Å². The molecule has 2 saturated heterocycles. The number of hydrogen-bond donors (Lipinski definition) is 1. The summed E-state index contributed by atoms with van der Waals surface area (Å²) in [6.07, 6.45) is 6.66. The van der Waals surface area contributed by atoms with Gasteiger partial charge in [0.2, 0.25) is 0 Å². The van der Waals surface area contributed by atoms with Crippen LogP contribution in [0.1, 0.15) is 42.6 Å². The Morgan fingerprint density at radius 2 is 1.82 bits per heavy atom. The van der Waals surface area contributed by atoms with Crippen LogP contribution in [-0.4, -0.2) is 64.1 Å². The van der Waals surface area contributed by atoms with Crippen LogP contribution in [0.2, 0.25) is 0 Å². The highest BCUT2D eigenvalue weighted by Crippen LogP contribution is 2.34. The molecular weight excluding hydrogens is 350 g/mol. The van der Waals surface area contributed by atoms with E-state index in [1.807, 2.05) is 17.8 Å². The number of aromatic nitrogens is 3. The van der Waals surface area contributed by atoms with Crippen molar-refractivity contribution < 1.29 is 5.11 Å². The molecule has 2 fully saturated rings. The number of aryl methyl sites for hydroxylation is 2. The van der Waals surface area contributed by atoms with Crippen LogP contribution in [-0.2, 0) is 6.54 Å². The molecule has 0 radical (unpaired) electrons. The first-order chi connectivity index (χ1) is 13.6. The lowest BCUT2D eigenvalue weighted by Gasteiger charge is -2.43. The van der Waals surface area contributed by atoms with Crippen LogP contribution in [0.25, 0.3) is 0 Å². The van der Waals surface area contributed by atoms with Gasteiger partial charge < -0.3 is 14.9 Å². The molecule has 0 saturated carbocycles. The Hall–Kier alpha value is -1.92. The fraction of sp³-hybridized carbons (Fsp3) is 0.636. The lowest BCUT2D eigenvalue weighted by atomic mass is 9.78. The highest BCUT2D eigenvalue weighted by Gasteiger charge is 2.36. The predicted molar refractivity (Wildman–Crippen MR) is 112 cm³/mol. The zero-order chi connectivity index (χ0) is 19.6. The number of aliphatic hydroxyl groups is 1. The first-order valence-electron chi connectivity index (χ1n) is 10.6. The Morgan fingerprint density at radius 3 is 2.39 bits per heavy atom. The average Bonchev–Trinajstić information content (AvgIpc) is 3.32. The molecule has 0 amide bonds. The minimum absolute atomic E-state index is 0.0657. The van der Waals surface area contributed by atoms with Crippen molar-refractivity contribution in [2.24, 2.45) is 5.41 Å². The van der Waals surface area contributed by atoms with Crippen molar-refractivity contribution in [3.63, 3.8) is 0 Å². The third kappa shape index (κ3) is 4.23. The first kappa shape index (κ1) is 19.4. The maximum Gasteiger partial charge on any atom is 0.128 e. The Labute approximate surface area is 168 Å². The quantitative estimate of drug-likeness (QED) is 0.831. The van der Waals surface area contributed by atoms with E-state index in [1.165, 1.54) is 37.2 Å². The van der Waals surface area contributed by atoms with Crippen molar-refractivity contribution in [1.82, 2.24) is 19.7 Å². The zero-order valence-electron chi connectivity index (χ0n) is 17.3. The molecule has 2 aliphatic heterocycles. The molecule has 0 aliphatic carbocycles. The Kier molecular flexibility index (Phi) is 5.69. The molecule has 2 aliphatic rings. The van der Waals surface area contributed by atoms with Crippen LogP contribution in [0.15, 0.2) is 24.4 Å². The van der Waals surface area contributed by atoms with Gasteiger partial charge in [0.15, 0.2) is 0 Å². The van der Waals surface area contributed by atoms with Gasteiger partial charge in [-0.3, -0.25) is 4.68 Å². The minimum Gasteiger partial charge on any atom is -0.396 e. The van der Waals surface area contributed by atoms with Crippen LogP contribution in [0.4, 0.5) is 5.82 Å². The van der Waals surface area contributed by atoms with Crippen LogP contribution in [0, 0.1) is 19.3 Å². The maximum atomic E-state index is 10.1. The summed E-state index contributed by atoms with van der Waals surface area (Å²) in [6.45, 7) is 10.6. The Morgan fingerprint density at radius 1 is 1.07 bits per heavy atom. The number of piperidine rings is 1. The topological polar surface area (TPSA) is 57.4 Å². The molecule has 28 heavy (non-hydrogen) atoms. The number of hydrogen-bond acceptors (Lipinski definition) is 5.